The highest BCUT2D eigenvalue weighted by atomic mass is 32.2. The molecule has 2 aromatic heterocycles. The number of pyridine rings is 2. The number of nitriles is 1. The molecule has 7 nitrogen and oxygen atoms in total. The van der Waals surface area contributed by atoms with Crippen LogP contribution in [0.15, 0.2) is 90.0 Å². The van der Waals surface area contributed by atoms with Crippen LogP contribution in [0, 0.1) is 11.3 Å². The van der Waals surface area contributed by atoms with E-state index >= 15 is 0 Å². The van der Waals surface area contributed by atoms with Gasteiger partial charge in [-0.05, 0) is 30.3 Å². The number of para-hydroxylation sites is 1. The Morgan fingerprint density at radius 1 is 0.938 bits per heavy atom. The number of hydrogen-bond acceptors (Lipinski definition) is 6. The highest BCUT2D eigenvalue weighted by Gasteiger charge is 2.25. The molecule has 8 heteroatoms. The molecule has 0 fully saturated rings. The first-order chi connectivity index (χ1) is 15.4. The van der Waals surface area contributed by atoms with Gasteiger partial charge in [-0.25, -0.2) is 0 Å². The Morgan fingerprint density at radius 3 is 2.28 bits per heavy atom. The SMILES string of the molecule is CS(=O)(=O)Oc1c(-c2ccccn2)cn(-c2ccccc2)c(=O)c1-c1ccccc1C#N. The first kappa shape index (κ1) is 21.0. The van der Waals surface area contributed by atoms with Crippen molar-refractivity contribution in [3.8, 4) is 39.9 Å². The lowest BCUT2D eigenvalue weighted by molar-refractivity contribution is 0.493. The maximum Gasteiger partial charge on any atom is 0.306 e. The van der Waals surface area contributed by atoms with Crippen LogP contribution < -0.4 is 9.74 Å². The van der Waals surface area contributed by atoms with Gasteiger partial charge < -0.3 is 4.18 Å². The molecule has 0 atom stereocenters. The second kappa shape index (κ2) is 8.49. The maximum atomic E-state index is 13.7. The van der Waals surface area contributed by atoms with Crippen molar-refractivity contribution < 1.29 is 12.6 Å². The number of nitrogens with zero attached hydrogens (tertiary/aromatic N) is 3. The highest BCUT2D eigenvalue weighted by Crippen LogP contribution is 2.38. The van der Waals surface area contributed by atoms with E-state index in [9.17, 15) is 18.5 Å². The van der Waals surface area contributed by atoms with Gasteiger partial charge in [0.15, 0.2) is 5.75 Å². The summed E-state index contributed by atoms with van der Waals surface area (Å²) in [7, 11) is -4.01. The fraction of sp³-hybridized carbons (Fsp3) is 0.0417. The Bertz CT molecular complexity index is 1490. The topological polar surface area (TPSA) is 102 Å². The zero-order chi connectivity index (χ0) is 22.7. The molecule has 0 radical (unpaired) electrons. The van der Waals surface area contributed by atoms with Crippen LogP contribution in [0.25, 0.3) is 28.1 Å². The number of benzene rings is 2. The zero-order valence-corrected chi connectivity index (χ0v) is 17.8. The molecule has 0 unspecified atom stereocenters. The van der Waals surface area contributed by atoms with Crippen LogP contribution in [0.3, 0.4) is 0 Å². The standard InChI is InChI=1S/C24H17N3O4S/c1-32(29,30)31-23-20(21-13-7-8-14-26-21)16-27(18-10-3-2-4-11-18)24(28)22(23)19-12-6-5-9-17(19)15-25/h2-14,16H,1H3. The molecule has 2 aromatic carbocycles. The van der Waals surface area contributed by atoms with E-state index in [1.54, 1.807) is 72.9 Å². The summed E-state index contributed by atoms with van der Waals surface area (Å²) in [4.78, 5) is 18.0. The third kappa shape index (κ3) is 4.15. The largest absolute Gasteiger partial charge is 0.381 e. The van der Waals surface area contributed by atoms with Gasteiger partial charge >= 0.3 is 10.1 Å². The van der Waals surface area contributed by atoms with Crippen LogP contribution in [0.2, 0.25) is 0 Å². The van der Waals surface area contributed by atoms with E-state index < -0.39 is 15.7 Å². The molecule has 4 aromatic rings. The second-order valence-corrected chi connectivity index (χ2v) is 8.49. The van der Waals surface area contributed by atoms with Gasteiger partial charge in [0, 0.05) is 23.6 Å². The van der Waals surface area contributed by atoms with Gasteiger partial charge in [0.1, 0.15) is 0 Å². The average molecular weight is 443 g/mol. The van der Waals surface area contributed by atoms with Crippen molar-refractivity contribution in [3.05, 3.63) is 101 Å². The summed E-state index contributed by atoms with van der Waals surface area (Å²) < 4.78 is 31.1. The molecular weight excluding hydrogens is 426 g/mol. The van der Waals surface area contributed by atoms with Crippen molar-refractivity contribution in [2.24, 2.45) is 0 Å². The van der Waals surface area contributed by atoms with Gasteiger partial charge in [0.2, 0.25) is 0 Å². The van der Waals surface area contributed by atoms with Gasteiger partial charge in [-0.3, -0.25) is 14.3 Å². The molecule has 0 amide bonds. The minimum atomic E-state index is -4.01. The molecule has 0 spiro atoms. The molecule has 0 N–H and O–H groups in total. The Balaban J connectivity index is 2.19. The van der Waals surface area contributed by atoms with Gasteiger partial charge in [-0.2, -0.15) is 13.7 Å². The van der Waals surface area contributed by atoms with Crippen LogP contribution in [0.1, 0.15) is 5.56 Å². The van der Waals surface area contributed by atoms with Gasteiger partial charge in [-0.15, -0.1) is 0 Å². The van der Waals surface area contributed by atoms with E-state index in [-0.39, 0.29) is 22.4 Å². The van der Waals surface area contributed by atoms with Crippen LogP contribution in [-0.4, -0.2) is 24.2 Å². The van der Waals surface area contributed by atoms with Crippen molar-refractivity contribution in [1.29, 1.82) is 5.26 Å². The van der Waals surface area contributed by atoms with Gasteiger partial charge in [-0.1, -0.05) is 42.5 Å². The van der Waals surface area contributed by atoms with E-state index in [1.165, 1.54) is 10.8 Å². The summed E-state index contributed by atoms with van der Waals surface area (Å²) in [6.45, 7) is 0. The minimum absolute atomic E-state index is 0.0421. The first-order valence-electron chi connectivity index (χ1n) is 9.54. The van der Waals surface area contributed by atoms with Crippen LogP contribution >= 0.6 is 0 Å². The molecule has 0 aliphatic carbocycles. The molecule has 0 aliphatic rings. The Kier molecular flexibility index (Phi) is 5.58. The van der Waals surface area contributed by atoms with Crippen molar-refractivity contribution in [1.82, 2.24) is 9.55 Å². The quantitative estimate of drug-likeness (QED) is 0.435. The summed E-state index contributed by atoms with van der Waals surface area (Å²) in [5.41, 5.74) is 1.17. The number of rotatable bonds is 5. The summed E-state index contributed by atoms with van der Waals surface area (Å²) in [6.07, 6.45) is 3.96. The van der Waals surface area contributed by atoms with E-state index in [4.69, 9.17) is 4.18 Å². The Hall–Kier alpha value is -4.22. The normalized spacial score (nSPS) is 11.0. The van der Waals surface area contributed by atoms with E-state index in [0.717, 1.165) is 6.26 Å². The van der Waals surface area contributed by atoms with Crippen molar-refractivity contribution >= 4 is 10.1 Å². The van der Waals surface area contributed by atoms with Crippen molar-refractivity contribution in [3.63, 3.8) is 0 Å². The molecule has 0 saturated carbocycles. The van der Waals surface area contributed by atoms with Crippen LogP contribution in [-0.2, 0) is 10.1 Å². The third-order valence-corrected chi connectivity index (χ3v) is 5.16. The third-order valence-electron chi connectivity index (χ3n) is 4.69. The predicted molar refractivity (Wildman–Crippen MR) is 121 cm³/mol. The number of hydrogen-bond donors (Lipinski definition) is 0. The van der Waals surface area contributed by atoms with Crippen molar-refractivity contribution in [2.75, 3.05) is 6.26 Å². The molecule has 4 rings (SSSR count). The van der Waals surface area contributed by atoms with E-state index in [1.807, 2.05) is 6.07 Å². The predicted octanol–water partition coefficient (Wildman–Crippen LogP) is 3.78. The summed E-state index contributed by atoms with van der Waals surface area (Å²) in [5, 5.41) is 9.64. The van der Waals surface area contributed by atoms with E-state index in [2.05, 4.69) is 11.1 Å². The minimum Gasteiger partial charge on any atom is -0.381 e. The molecule has 0 aliphatic heterocycles. The summed E-state index contributed by atoms with van der Waals surface area (Å²) >= 11 is 0. The van der Waals surface area contributed by atoms with Crippen LogP contribution in [0.4, 0.5) is 0 Å². The average Bonchev–Trinajstić information content (AvgIpc) is 2.80. The van der Waals surface area contributed by atoms with Gasteiger partial charge in [0.05, 0.1) is 34.7 Å². The van der Waals surface area contributed by atoms with Crippen LogP contribution in [0.5, 0.6) is 5.75 Å². The molecule has 0 saturated heterocycles. The lowest BCUT2D eigenvalue weighted by Crippen LogP contribution is -2.23. The van der Waals surface area contributed by atoms with Gasteiger partial charge in [0.25, 0.3) is 5.56 Å². The maximum absolute atomic E-state index is 13.7. The number of aromatic nitrogens is 2. The summed E-state index contributed by atoms with van der Waals surface area (Å²) in [5.74, 6) is -0.175. The monoisotopic (exact) mass is 443 g/mol. The lowest BCUT2D eigenvalue weighted by atomic mass is 9.98. The second-order valence-electron chi connectivity index (χ2n) is 6.92. The molecule has 158 valence electrons. The molecule has 2 heterocycles. The zero-order valence-electron chi connectivity index (χ0n) is 17.0. The first-order valence-corrected chi connectivity index (χ1v) is 11.4. The fourth-order valence-electron chi connectivity index (χ4n) is 3.36. The Labute approximate surface area is 184 Å². The fourth-order valence-corrected chi connectivity index (χ4v) is 3.83. The lowest BCUT2D eigenvalue weighted by Gasteiger charge is -2.18. The molecule has 32 heavy (non-hydrogen) atoms. The van der Waals surface area contributed by atoms with Crippen molar-refractivity contribution in [2.45, 2.75) is 0 Å². The highest BCUT2D eigenvalue weighted by molar-refractivity contribution is 7.86. The molecule has 0 bridgehead atoms. The Morgan fingerprint density at radius 2 is 1.62 bits per heavy atom. The summed E-state index contributed by atoms with van der Waals surface area (Å²) in [6, 6.07) is 22.6. The van der Waals surface area contributed by atoms with E-state index in [0.29, 0.717) is 16.9 Å². The molecular formula is C24H17N3O4S. The smallest absolute Gasteiger partial charge is 0.306 e.